The van der Waals surface area contributed by atoms with Gasteiger partial charge in [-0.05, 0) is 26.4 Å². The Kier molecular flexibility index (Phi) is 14.9. The highest BCUT2D eigenvalue weighted by Gasteiger charge is 2.02. The smallest absolute Gasteiger partial charge is 0.0552 e. The molecule has 1 unspecified atom stereocenters. The van der Waals surface area contributed by atoms with Crippen molar-refractivity contribution in [2.24, 2.45) is 0 Å². The molecular weight excluding hydrogens is 222 g/mol. The van der Waals surface area contributed by atoms with Crippen molar-refractivity contribution in [3.8, 4) is 0 Å². The molecule has 2 nitrogen and oxygen atoms in total. The summed E-state index contributed by atoms with van der Waals surface area (Å²) in [5, 5.41) is 12.7. The van der Waals surface area contributed by atoms with Gasteiger partial charge in [-0.2, -0.15) is 0 Å². The van der Waals surface area contributed by atoms with E-state index in [1.807, 2.05) is 7.05 Å². The van der Waals surface area contributed by atoms with E-state index in [4.69, 9.17) is 0 Å². The van der Waals surface area contributed by atoms with E-state index < -0.39 is 0 Å². The maximum absolute atomic E-state index is 9.66. The third kappa shape index (κ3) is 14.0. The molecule has 0 saturated heterocycles. The van der Waals surface area contributed by atoms with Gasteiger partial charge in [0, 0.05) is 0 Å². The zero-order valence-corrected chi connectivity index (χ0v) is 12.7. The molecule has 0 aromatic heterocycles. The van der Waals surface area contributed by atoms with Gasteiger partial charge in [0.2, 0.25) is 0 Å². The van der Waals surface area contributed by atoms with E-state index in [-0.39, 0.29) is 6.10 Å². The lowest BCUT2D eigenvalue weighted by Gasteiger charge is -2.09. The molecule has 2 N–H and O–H groups in total. The largest absolute Gasteiger partial charge is 0.393 e. The molecular formula is C16H35NO. The quantitative estimate of drug-likeness (QED) is 0.456. The normalized spacial score (nSPS) is 12.8. The van der Waals surface area contributed by atoms with Crippen LogP contribution in [0.5, 0.6) is 0 Å². The summed E-state index contributed by atoms with van der Waals surface area (Å²) < 4.78 is 0. The first-order valence-corrected chi connectivity index (χ1v) is 8.14. The Morgan fingerprint density at radius 2 is 1.28 bits per heavy atom. The van der Waals surface area contributed by atoms with Crippen molar-refractivity contribution < 1.29 is 5.11 Å². The second-order valence-corrected chi connectivity index (χ2v) is 5.52. The molecule has 0 rings (SSSR count). The van der Waals surface area contributed by atoms with Crippen molar-refractivity contribution in [1.29, 1.82) is 0 Å². The average Bonchev–Trinajstić information content (AvgIpc) is 2.38. The summed E-state index contributed by atoms with van der Waals surface area (Å²) >= 11 is 0. The Balaban J connectivity index is 3.02. The van der Waals surface area contributed by atoms with E-state index in [0.717, 1.165) is 19.4 Å². The SMILES string of the molecule is CCCCCCCCCCCCC(O)CCNC. The third-order valence-corrected chi connectivity index (χ3v) is 3.62. The summed E-state index contributed by atoms with van der Waals surface area (Å²) in [6.07, 6.45) is 15.5. The van der Waals surface area contributed by atoms with Crippen LogP contribution in [0.2, 0.25) is 0 Å². The summed E-state index contributed by atoms with van der Waals surface area (Å²) in [5.74, 6) is 0. The van der Waals surface area contributed by atoms with Gasteiger partial charge in [0.05, 0.1) is 6.10 Å². The lowest BCUT2D eigenvalue weighted by molar-refractivity contribution is 0.151. The van der Waals surface area contributed by atoms with E-state index in [9.17, 15) is 5.11 Å². The summed E-state index contributed by atoms with van der Waals surface area (Å²) in [7, 11) is 1.94. The van der Waals surface area contributed by atoms with E-state index in [1.165, 1.54) is 64.2 Å². The fourth-order valence-corrected chi connectivity index (χ4v) is 2.32. The molecule has 0 bridgehead atoms. The van der Waals surface area contributed by atoms with Crippen LogP contribution in [0.1, 0.15) is 84.0 Å². The van der Waals surface area contributed by atoms with Gasteiger partial charge in [0.25, 0.3) is 0 Å². The minimum Gasteiger partial charge on any atom is -0.393 e. The lowest BCUT2D eigenvalue weighted by Crippen LogP contribution is -2.16. The van der Waals surface area contributed by atoms with Crippen LogP contribution in [0.25, 0.3) is 0 Å². The van der Waals surface area contributed by atoms with Crippen LogP contribution in [0, 0.1) is 0 Å². The van der Waals surface area contributed by atoms with Crippen LogP contribution in [0.3, 0.4) is 0 Å². The van der Waals surface area contributed by atoms with E-state index in [1.54, 1.807) is 0 Å². The number of unbranched alkanes of at least 4 members (excludes halogenated alkanes) is 9. The summed E-state index contributed by atoms with van der Waals surface area (Å²) in [5.41, 5.74) is 0. The maximum Gasteiger partial charge on any atom is 0.0552 e. The van der Waals surface area contributed by atoms with Crippen LogP contribution in [-0.2, 0) is 0 Å². The Hall–Kier alpha value is -0.0800. The molecule has 18 heavy (non-hydrogen) atoms. The Bertz CT molecular complexity index is 150. The molecule has 0 saturated carbocycles. The monoisotopic (exact) mass is 257 g/mol. The molecule has 2 heteroatoms. The first-order chi connectivity index (χ1) is 8.81. The van der Waals surface area contributed by atoms with Crippen LogP contribution in [0.15, 0.2) is 0 Å². The van der Waals surface area contributed by atoms with Crippen LogP contribution >= 0.6 is 0 Å². The molecule has 0 aliphatic rings. The van der Waals surface area contributed by atoms with Gasteiger partial charge in [-0.3, -0.25) is 0 Å². The van der Waals surface area contributed by atoms with E-state index in [0.29, 0.717) is 0 Å². The summed E-state index contributed by atoms with van der Waals surface area (Å²) in [6, 6.07) is 0. The molecule has 0 aliphatic heterocycles. The van der Waals surface area contributed by atoms with Crippen LogP contribution in [-0.4, -0.2) is 24.8 Å². The van der Waals surface area contributed by atoms with Gasteiger partial charge in [-0.25, -0.2) is 0 Å². The first kappa shape index (κ1) is 17.9. The summed E-state index contributed by atoms with van der Waals surface area (Å²) in [6.45, 7) is 3.20. The average molecular weight is 257 g/mol. The lowest BCUT2D eigenvalue weighted by atomic mass is 10.0. The Morgan fingerprint density at radius 3 is 1.78 bits per heavy atom. The number of hydrogen-bond acceptors (Lipinski definition) is 2. The highest BCUT2D eigenvalue weighted by molar-refractivity contribution is 4.57. The number of nitrogens with one attached hydrogen (secondary N) is 1. The van der Waals surface area contributed by atoms with Gasteiger partial charge in [0.15, 0.2) is 0 Å². The van der Waals surface area contributed by atoms with Gasteiger partial charge >= 0.3 is 0 Å². The first-order valence-electron chi connectivity index (χ1n) is 8.14. The second-order valence-electron chi connectivity index (χ2n) is 5.52. The van der Waals surface area contributed by atoms with Crippen molar-refractivity contribution in [2.45, 2.75) is 90.1 Å². The number of rotatable bonds is 14. The predicted octanol–water partition coefficient (Wildman–Crippen LogP) is 4.27. The molecule has 1 atom stereocenters. The zero-order valence-electron chi connectivity index (χ0n) is 12.7. The molecule has 0 aromatic carbocycles. The molecule has 0 amide bonds. The second kappa shape index (κ2) is 15.0. The molecule has 110 valence electrons. The zero-order chi connectivity index (χ0) is 13.5. The van der Waals surface area contributed by atoms with Crippen molar-refractivity contribution in [2.75, 3.05) is 13.6 Å². The molecule has 0 spiro atoms. The number of aliphatic hydroxyl groups excluding tert-OH is 1. The summed E-state index contributed by atoms with van der Waals surface area (Å²) in [4.78, 5) is 0. The number of hydrogen-bond donors (Lipinski definition) is 2. The fraction of sp³-hybridized carbons (Fsp3) is 1.00. The van der Waals surface area contributed by atoms with Gasteiger partial charge < -0.3 is 10.4 Å². The molecule has 0 aromatic rings. The molecule has 0 radical (unpaired) electrons. The highest BCUT2D eigenvalue weighted by Crippen LogP contribution is 2.12. The van der Waals surface area contributed by atoms with E-state index in [2.05, 4.69) is 12.2 Å². The van der Waals surface area contributed by atoms with Crippen molar-refractivity contribution >= 4 is 0 Å². The molecule has 0 aliphatic carbocycles. The Labute approximate surface area is 115 Å². The highest BCUT2D eigenvalue weighted by atomic mass is 16.3. The minimum atomic E-state index is -0.0912. The van der Waals surface area contributed by atoms with Crippen molar-refractivity contribution in [1.82, 2.24) is 5.32 Å². The van der Waals surface area contributed by atoms with Crippen LogP contribution in [0.4, 0.5) is 0 Å². The third-order valence-electron chi connectivity index (χ3n) is 3.62. The van der Waals surface area contributed by atoms with E-state index >= 15 is 0 Å². The predicted molar refractivity (Wildman–Crippen MR) is 81.0 cm³/mol. The van der Waals surface area contributed by atoms with Crippen molar-refractivity contribution in [3.63, 3.8) is 0 Å². The Morgan fingerprint density at radius 1 is 0.778 bits per heavy atom. The van der Waals surface area contributed by atoms with Gasteiger partial charge in [0.1, 0.15) is 0 Å². The minimum absolute atomic E-state index is 0.0912. The number of aliphatic hydroxyl groups is 1. The van der Waals surface area contributed by atoms with Gasteiger partial charge in [-0.15, -0.1) is 0 Å². The maximum atomic E-state index is 9.66. The topological polar surface area (TPSA) is 32.3 Å². The van der Waals surface area contributed by atoms with Crippen LogP contribution < -0.4 is 5.32 Å². The standard InChI is InChI=1S/C16H35NO/c1-3-4-5-6-7-8-9-10-11-12-13-16(18)14-15-17-2/h16-18H,3-15H2,1-2H3. The molecule has 0 heterocycles. The molecule has 0 fully saturated rings. The van der Waals surface area contributed by atoms with Gasteiger partial charge in [-0.1, -0.05) is 71.1 Å². The van der Waals surface area contributed by atoms with Crippen molar-refractivity contribution in [3.05, 3.63) is 0 Å². The fourth-order valence-electron chi connectivity index (χ4n) is 2.32.